The summed E-state index contributed by atoms with van der Waals surface area (Å²) in [6.45, 7) is 2.84. The SMILES string of the molecule is CCOc1cc(NCc2cccc(O)c2O)ccc1OC. The Balaban J connectivity index is 2.13. The number of methoxy groups -OCH3 is 1. The average molecular weight is 289 g/mol. The van der Waals surface area contributed by atoms with Crippen molar-refractivity contribution in [3.05, 3.63) is 42.0 Å². The number of aromatic hydroxyl groups is 2. The number of hydrogen-bond donors (Lipinski definition) is 3. The van der Waals surface area contributed by atoms with Crippen LogP contribution < -0.4 is 14.8 Å². The number of anilines is 1. The van der Waals surface area contributed by atoms with Crippen molar-refractivity contribution < 1.29 is 19.7 Å². The molecule has 0 aliphatic heterocycles. The van der Waals surface area contributed by atoms with Gasteiger partial charge in [-0.05, 0) is 25.1 Å². The first-order chi connectivity index (χ1) is 10.2. The number of nitrogens with one attached hydrogen (secondary N) is 1. The first kappa shape index (κ1) is 14.8. The van der Waals surface area contributed by atoms with Crippen LogP contribution in [-0.2, 0) is 6.54 Å². The molecule has 0 fully saturated rings. The van der Waals surface area contributed by atoms with E-state index in [0.29, 0.717) is 30.2 Å². The minimum Gasteiger partial charge on any atom is -0.504 e. The van der Waals surface area contributed by atoms with Crippen molar-refractivity contribution in [2.75, 3.05) is 19.0 Å². The van der Waals surface area contributed by atoms with Gasteiger partial charge in [0.05, 0.1) is 13.7 Å². The van der Waals surface area contributed by atoms with Crippen molar-refractivity contribution in [3.8, 4) is 23.0 Å². The Labute approximate surface area is 123 Å². The Bertz CT molecular complexity index is 613. The van der Waals surface area contributed by atoms with Crippen molar-refractivity contribution in [2.45, 2.75) is 13.5 Å². The van der Waals surface area contributed by atoms with Crippen LogP contribution in [0.15, 0.2) is 36.4 Å². The first-order valence-electron chi connectivity index (χ1n) is 6.70. The predicted octanol–water partition coefficient (Wildman–Crippen LogP) is 3.12. The lowest BCUT2D eigenvalue weighted by Gasteiger charge is -2.13. The quantitative estimate of drug-likeness (QED) is 0.713. The van der Waals surface area contributed by atoms with Crippen LogP contribution in [0, 0.1) is 0 Å². The molecule has 2 aromatic carbocycles. The molecule has 0 atom stereocenters. The molecule has 21 heavy (non-hydrogen) atoms. The average Bonchev–Trinajstić information content (AvgIpc) is 2.49. The summed E-state index contributed by atoms with van der Waals surface area (Å²) in [5, 5.41) is 22.4. The van der Waals surface area contributed by atoms with E-state index in [1.54, 1.807) is 19.2 Å². The van der Waals surface area contributed by atoms with Crippen LogP contribution in [0.1, 0.15) is 12.5 Å². The summed E-state index contributed by atoms with van der Waals surface area (Å²) in [5.41, 5.74) is 1.45. The Morgan fingerprint density at radius 3 is 2.62 bits per heavy atom. The molecule has 3 N–H and O–H groups in total. The van der Waals surface area contributed by atoms with E-state index < -0.39 is 0 Å². The van der Waals surface area contributed by atoms with Crippen molar-refractivity contribution in [3.63, 3.8) is 0 Å². The van der Waals surface area contributed by atoms with Crippen LogP contribution in [-0.4, -0.2) is 23.9 Å². The second-order valence-electron chi connectivity index (χ2n) is 4.44. The van der Waals surface area contributed by atoms with E-state index in [1.165, 1.54) is 6.07 Å². The summed E-state index contributed by atoms with van der Waals surface area (Å²) >= 11 is 0. The fraction of sp³-hybridized carbons (Fsp3) is 0.250. The summed E-state index contributed by atoms with van der Waals surface area (Å²) in [4.78, 5) is 0. The van der Waals surface area contributed by atoms with Gasteiger partial charge in [-0.3, -0.25) is 0 Å². The van der Waals surface area contributed by atoms with Gasteiger partial charge >= 0.3 is 0 Å². The minimum atomic E-state index is -0.126. The number of para-hydroxylation sites is 1. The zero-order valence-electron chi connectivity index (χ0n) is 12.1. The van der Waals surface area contributed by atoms with Crippen molar-refractivity contribution in [1.29, 1.82) is 0 Å². The second-order valence-corrected chi connectivity index (χ2v) is 4.44. The highest BCUT2D eigenvalue weighted by Crippen LogP contribution is 2.32. The summed E-state index contributed by atoms with van der Waals surface area (Å²) in [6, 6.07) is 10.4. The van der Waals surface area contributed by atoms with E-state index >= 15 is 0 Å². The van der Waals surface area contributed by atoms with Gasteiger partial charge in [0, 0.05) is 23.9 Å². The van der Waals surface area contributed by atoms with Crippen LogP contribution in [0.2, 0.25) is 0 Å². The van der Waals surface area contributed by atoms with E-state index in [4.69, 9.17) is 9.47 Å². The summed E-state index contributed by atoms with van der Waals surface area (Å²) in [6.07, 6.45) is 0. The molecule has 2 rings (SSSR count). The van der Waals surface area contributed by atoms with E-state index in [2.05, 4.69) is 5.32 Å². The number of benzene rings is 2. The maximum absolute atomic E-state index is 9.76. The molecule has 0 spiro atoms. The van der Waals surface area contributed by atoms with Gasteiger partial charge in [-0.2, -0.15) is 0 Å². The predicted molar refractivity (Wildman–Crippen MR) is 81.3 cm³/mol. The normalized spacial score (nSPS) is 10.2. The van der Waals surface area contributed by atoms with Crippen molar-refractivity contribution in [2.24, 2.45) is 0 Å². The van der Waals surface area contributed by atoms with Gasteiger partial charge in [-0.1, -0.05) is 12.1 Å². The van der Waals surface area contributed by atoms with Gasteiger partial charge in [0.15, 0.2) is 23.0 Å². The molecule has 0 saturated heterocycles. The fourth-order valence-corrected chi connectivity index (χ4v) is 1.97. The lowest BCUT2D eigenvalue weighted by Crippen LogP contribution is -2.01. The lowest BCUT2D eigenvalue weighted by molar-refractivity contribution is 0.311. The largest absolute Gasteiger partial charge is 0.504 e. The highest BCUT2D eigenvalue weighted by molar-refractivity contribution is 5.55. The van der Waals surface area contributed by atoms with E-state index in [1.807, 2.05) is 25.1 Å². The molecule has 0 aromatic heterocycles. The molecule has 0 saturated carbocycles. The highest BCUT2D eigenvalue weighted by atomic mass is 16.5. The zero-order valence-corrected chi connectivity index (χ0v) is 12.1. The van der Waals surface area contributed by atoms with E-state index in [0.717, 1.165) is 5.69 Å². The van der Waals surface area contributed by atoms with Crippen LogP contribution >= 0.6 is 0 Å². The Kier molecular flexibility index (Phi) is 4.77. The maximum atomic E-state index is 9.76. The molecule has 0 aliphatic rings. The van der Waals surface area contributed by atoms with Crippen LogP contribution in [0.4, 0.5) is 5.69 Å². The Morgan fingerprint density at radius 1 is 1.10 bits per heavy atom. The zero-order chi connectivity index (χ0) is 15.2. The molecule has 112 valence electrons. The molecule has 0 amide bonds. The van der Waals surface area contributed by atoms with E-state index in [-0.39, 0.29) is 11.5 Å². The minimum absolute atomic E-state index is 0.108. The Hall–Kier alpha value is -2.56. The molecule has 2 aromatic rings. The lowest BCUT2D eigenvalue weighted by atomic mass is 10.2. The summed E-state index contributed by atoms with van der Waals surface area (Å²) < 4.78 is 10.7. The number of ether oxygens (including phenoxy) is 2. The number of phenolic OH excluding ortho intramolecular Hbond substituents is 2. The second kappa shape index (κ2) is 6.74. The number of hydrogen-bond acceptors (Lipinski definition) is 5. The van der Waals surface area contributed by atoms with Gasteiger partial charge in [-0.25, -0.2) is 0 Å². The number of rotatable bonds is 6. The summed E-state index contributed by atoms with van der Waals surface area (Å²) in [5.74, 6) is 1.09. The number of phenols is 2. The molecule has 0 radical (unpaired) electrons. The van der Waals surface area contributed by atoms with Gasteiger partial charge in [-0.15, -0.1) is 0 Å². The Morgan fingerprint density at radius 2 is 1.90 bits per heavy atom. The topological polar surface area (TPSA) is 71.0 Å². The van der Waals surface area contributed by atoms with Crippen LogP contribution in [0.3, 0.4) is 0 Å². The standard InChI is InChI=1S/C16H19NO4/c1-3-21-15-9-12(7-8-14(15)20-2)17-10-11-5-4-6-13(18)16(11)19/h4-9,17-19H,3,10H2,1-2H3. The van der Waals surface area contributed by atoms with Crippen molar-refractivity contribution in [1.82, 2.24) is 0 Å². The maximum Gasteiger partial charge on any atom is 0.163 e. The molecule has 0 unspecified atom stereocenters. The van der Waals surface area contributed by atoms with Gasteiger partial charge in [0.2, 0.25) is 0 Å². The molecule has 0 heterocycles. The van der Waals surface area contributed by atoms with Crippen molar-refractivity contribution >= 4 is 5.69 Å². The van der Waals surface area contributed by atoms with Gasteiger partial charge in [0.25, 0.3) is 0 Å². The monoisotopic (exact) mass is 289 g/mol. The third-order valence-electron chi connectivity index (χ3n) is 3.04. The van der Waals surface area contributed by atoms with Gasteiger partial charge < -0.3 is 25.0 Å². The third-order valence-corrected chi connectivity index (χ3v) is 3.04. The van der Waals surface area contributed by atoms with Crippen LogP contribution in [0.5, 0.6) is 23.0 Å². The summed E-state index contributed by atoms with van der Waals surface area (Å²) in [7, 11) is 1.59. The molecule has 0 bridgehead atoms. The third kappa shape index (κ3) is 3.51. The fourth-order valence-electron chi connectivity index (χ4n) is 1.97. The van der Waals surface area contributed by atoms with Crippen LogP contribution in [0.25, 0.3) is 0 Å². The molecular formula is C16H19NO4. The highest BCUT2D eigenvalue weighted by Gasteiger charge is 2.08. The molecule has 5 nitrogen and oxygen atoms in total. The molecular weight excluding hydrogens is 270 g/mol. The van der Waals surface area contributed by atoms with Gasteiger partial charge in [0.1, 0.15) is 0 Å². The first-order valence-corrected chi connectivity index (χ1v) is 6.70. The molecule has 0 aliphatic carbocycles. The smallest absolute Gasteiger partial charge is 0.163 e. The molecule has 5 heteroatoms. The van der Waals surface area contributed by atoms with E-state index in [9.17, 15) is 10.2 Å².